The molecule has 0 aliphatic heterocycles. The van der Waals surface area contributed by atoms with E-state index < -0.39 is 18.1 Å². The number of carboxylic acid groups (broad SMARTS) is 2. The van der Waals surface area contributed by atoms with Crippen molar-refractivity contribution >= 4 is 12.1 Å². The summed E-state index contributed by atoms with van der Waals surface area (Å²) in [5.41, 5.74) is 0.369. The maximum atomic E-state index is 11.0. The average molecular weight is 265 g/mol. The van der Waals surface area contributed by atoms with Gasteiger partial charge in [-0.3, -0.25) is 0 Å². The normalized spacial score (nSPS) is 15.6. The molecule has 0 spiro atoms. The Kier molecular flexibility index (Phi) is 3.89. The summed E-state index contributed by atoms with van der Waals surface area (Å²) in [6.45, 7) is 0.676. The van der Waals surface area contributed by atoms with Crippen LogP contribution in [0.25, 0.3) is 0 Å². The van der Waals surface area contributed by atoms with E-state index in [1.54, 1.807) is 24.3 Å². The summed E-state index contributed by atoms with van der Waals surface area (Å²) < 4.78 is 5.52. The van der Waals surface area contributed by atoms with E-state index in [2.05, 4.69) is 0 Å². The van der Waals surface area contributed by atoms with Crippen LogP contribution in [0, 0.1) is 5.92 Å². The second kappa shape index (κ2) is 5.60. The highest BCUT2D eigenvalue weighted by molar-refractivity contribution is 5.80. The van der Waals surface area contributed by atoms with Gasteiger partial charge in [-0.1, -0.05) is 12.1 Å². The second-order valence-corrected chi connectivity index (χ2v) is 4.54. The number of carbonyl (C=O) groups is 2. The molecule has 2 rings (SSSR count). The van der Waals surface area contributed by atoms with Crippen LogP contribution in [-0.2, 0) is 4.79 Å². The molecule has 1 saturated carbocycles. The Labute approximate surface area is 110 Å². The summed E-state index contributed by atoms with van der Waals surface area (Å²) in [5.74, 6) is 0.0595. The molecule has 19 heavy (non-hydrogen) atoms. The highest BCUT2D eigenvalue weighted by atomic mass is 16.5. The van der Waals surface area contributed by atoms with E-state index in [1.165, 1.54) is 12.8 Å². The minimum Gasteiger partial charge on any atom is -0.493 e. The van der Waals surface area contributed by atoms with Crippen molar-refractivity contribution in [1.82, 2.24) is 5.32 Å². The Morgan fingerprint density at radius 1 is 1.26 bits per heavy atom. The standard InChI is InChI=1S/C13H15NO5/c15-12(16)11(14-13(17)18)9-3-5-10(6-4-9)19-7-8-1-2-8/h3-6,8,11,14H,1-2,7H2,(H,15,16)(H,17,18). The van der Waals surface area contributed by atoms with Crippen molar-refractivity contribution < 1.29 is 24.5 Å². The van der Waals surface area contributed by atoms with Crippen LogP contribution in [0.15, 0.2) is 24.3 Å². The van der Waals surface area contributed by atoms with Gasteiger partial charge in [0.25, 0.3) is 0 Å². The number of hydrogen-bond donors (Lipinski definition) is 3. The molecule has 1 aliphatic carbocycles. The van der Waals surface area contributed by atoms with Crippen LogP contribution in [-0.4, -0.2) is 28.9 Å². The van der Waals surface area contributed by atoms with Gasteiger partial charge in [-0.15, -0.1) is 0 Å². The van der Waals surface area contributed by atoms with E-state index in [9.17, 15) is 9.59 Å². The lowest BCUT2D eigenvalue weighted by Gasteiger charge is -2.13. The average Bonchev–Trinajstić information content (AvgIpc) is 3.18. The van der Waals surface area contributed by atoms with Crippen molar-refractivity contribution in [2.75, 3.05) is 6.61 Å². The van der Waals surface area contributed by atoms with Crippen molar-refractivity contribution in [3.63, 3.8) is 0 Å². The summed E-state index contributed by atoms with van der Waals surface area (Å²) >= 11 is 0. The predicted octanol–water partition coefficient (Wildman–Crippen LogP) is 1.87. The molecule has 6 heteroatoms. The molecule has 1 fully saturated rings. The van der Waals surface area contributed by atoms with Crippen LogP contribution in [0.4, 0.5) is 4.79 Å². The van der Waals surface area contributed by atoms with Gasteiger partial charge in [0, 0.05) is 0 Å². The number of nitrogens with one attached hydrogen (secondary N) is 1. The molecule has 102 valence electrons. The molecule has 0 bridgehead atoms. The molecule has 1 atom stereocenters. The third-order valence-electron chi connectivity index (χ3n) is 2.91. The van der Waals surface area contributed by atoms with Gasteiger partial charge >= 0.3 is 12.1 Å². The zero-order valence-corrected chi connectivity index (χ0v) is 10.2. The first-order chi connectivity index (χ1) is 9.06. The lowest BCUT2D eigenvalue weighted by molar-refractivity contribution is -0.139. The molecule has 0 aromatic heterocycles. The smallest absolute Gasteiger partial charge is 0.405 e. The Morgan fingerprint density at radius 2 is 1.89 bits per heavy atom. The fraction of sp³-hybridized carbons (Fsp3) is 0.385. The summed E-state index contributed by atoms with van der Waals surface area (Å²) in [6, 6.07) is 5.14. The molecule has 0 heterocycles. The monoisotopic (exact) mass is 265 g/mol. The first-order valence-electron chi connectivity index (χ1n) is 6.01. The fourth-order valence-electron chi connectivity index (χ4n) is 1.67. The Morgan fingerprint density at radius 3 is 2.37 bits per heavy atom. The van der Waals surface area contributed by atoms with Crippen LogP contribution in [0.3, 0.4) is 0 Å². The van der Waals surface area contributed by atoms with Crippen molar-refractivity contribution in [3.8, 4) is 5.75 Å². The molecular formula is C13H15NO5. The van der Waals surface area contributed by atoms with Gasteiger partial charge < -0.3 is 20.3 Å². The first-order valence-corrected chi connectivity index (χ1v) is 6.01. The Balaban J connectivity index is 2.01. The van der Waals surface area contributed by atoms with E-state index in [0.717, 1.165) is 0 Å². The van der Waals surface area contributed by atoms with Gasteiger partial charge in [0.1, 0.15) is 5.75 Å². The first kappa shape index (κ1) is 13.2. The second-order valence-electron chi connectivity index (χ2n) is 4.54. The number of benzene rings is 1. The van der Waals surface area contributed by atoms with Crippen molar-refractivity contribution in [2.45, 2.75) is 18.9 Å². The summed E-state index contributed by atoms with van der Waals surface area (Å²) in [7, 11) is 0. The summed E-state index contributed by atoms with van der Waals surface area (Å²) in [5, 5.41) is 19.5. The molecule has 6 nitrogen and oxygen atoms in total. The van der Waals surface area contributed by atoms with Crippen molar-refractivity contribution in [1.29, 1.82) is 0 Å². The predicted molar refractivity (Wildman–Crippen MR) is 66.2 cm³/mol. The van der Waals surface area contributed by atoms with Crippen LogP contribution in [0.1, 0.15) is 24.4 Å². The highest BCUT2D eigenvalue weighted by Crippen LogP contribution is 2.29. The van der Waals surface area contributed by atoms with Crippen molar-refractivity contribution in [3.05, 3.63) is 29.8 Å². The maximum Gasteiger partial charge on any atom is 0.405 e. The molecule has 1 aromatic carbocycles. The van der Waals surface area contributed by atoms with Gasteiger partial charge in [-0.25, -0.2) is 9.59 Å². The van der Waals surface area contributed by atoms with E-state index in [4.69, 9.17) is 14.9 Å². The quantitative estimate of drug-likeness (QED) is 0.729. The molecule has 0 saturated heterocycles. The van der Waals surface area contributed by atoms with Crippen LogP contribution in [0.2, 0.25) is 0 Å². The topological polar surface area (TPSA) is 95.9 Å². The highest BCUT2D eigenvalue weighted by Gasteiger charge is 2.23. The number of carboxylic acids is 1. The molecule has 3 N–H and O–H groups in total. The summed E-state index contributed by atoms with van der Waals surface area (Å²) in [6.07, 6.45) is 1.02. The van der Waals surface area contributed by atoms with E-state index in [1.807, 2.05) is 5.32 Å². The van der Waals surface area contributed by atoms with E-state index in [-0.39, 0.29) is 0 Å². The Bertz CT molecular complexity index is 466. The zero-order chi connectivity index (χ0) is 13.8. The van der Waals surface area contributed by atoms with Crippen molar-refractivity contribution in [2.24, 2.45) is 5.92 Å². The zero-order valence-electron chi connectivity index (χ0n) is 10.2. The number of rotatable bonds is 6. The van der Waals surface area contributed by atoms with Crippen LogP contribution >= 0.6 is 0 Å². The lowest BCUT2D eigenvalue weighted by Crippen LogP contribution is -2.32. The number of aliphatic carboxylic acids is 1. The van der Waals surface area contributed by atoms with Crippen LogP contribution < -0.4 is 10.1 Å². The summed E-state index contributed by atoms with van der Waals surface area (Å²) in [4.78, 5) is 21.5. The minimum absolute atomic E-state index is 0.369. The van der Waals surface area contributed by atoms with Gasteiger partial charge in [-0.05, 0) is 36.5 Å². The van der Waals surface area contributed by atoms with Crippen LogP contribution in [0.5, 0.6) is 5.75 Å². The molecule has 0 radical (unpaired) electrons. The largest absolute Gasteiger partial charge is 0.493 e. The molecule has 1 aliphatic rings. The molecule has 1 unspecified atom stereocenters. The maximum absolute atomic E-state index is 11.0. The van der Waals surface area contributed by atoms with Gasteiger partial charge in [-0.2, -0.15) is 0 Å². The van der Waals surface area contributed by atoms with Gasteiger partial charge in [0.2, 0.25) is 0 Å². The molecule has 1 amide bonds. The van der Waals surface area contributed by atoms with E-state index in [0.29, 0.717) is 23.8 Å². The van der Waals surface area contributed by atoms with E-state index >= 15 is 0 Å². The van der Waals surface area contributed by atoms with Gasteiger partial charge in [0.15, 0.2) is 6.04 Å². The number of ether oxygens (including phenoxy) is 1. The SMILES string of the molecule is O=C(O)NC(C(=O)O)c1ccc(OCC2CC2)cc1. The lowest BCUT2D eigenvalue weighted by atomic mass is 10.1. The number of amides is 1. The minimum atomic E-state index is -1.37. The fourth-order valence-corrected chi connectivity index (χ4v) is 1.67. The Hall–Kier alpha value is -2.24. The molecule has 1 aromatic rings. The number of hydrogen-bond acceptors (Lipinski definition) is 3. The third-order valence-corrected chi connectivity index (χ3v) is 2.91. The molecular weight excluding hydrogens is 250 g/mol. The van der Waals surface area contributed by atoms with Gasteiger partial charge in [0.05, 0.1) is 6.61 Å². The third kappa shape index (κ3) is 3.87.